The average molecular weight is 180 g/mol. The van der Waals surface area contributed by atoms with Crippen LogP contribution in [0.4, 0.5) is 0 Å². The average Bonchev–Trinajstić information content (AvgIpc) is 2.69. The second-order valence-corrected chi connectivity index (χ2v) is 4.02. The predicted molar refractivity (Wildman–Crippen MR) is 50.5 cm³/mol. The van der Waals surface area contributed by atoms with Crippen LogP contribution in [0.25, 0.3) is 0 Å². The first-order valence-electron chi connectivity index (χ1n) is 4.91. The summed E-state index contributed by atoms with van der Waals surface area (Å²) in [7, 11) is 0. The van der Waals surface area contributed by atoms with Crippen molar-refractivity contribution in [2.45, 2.75) is 38.6 Å². The summed E-state index contributed by atoms with van der Waals surface area (Å²) in [6.45, 7) is 6.21. The number of nitrogens with one attached hydrogen (secondary N) is 1. The molecule has 0 aromatic carbocycles. The first-order valence-corrected chi connectivity index (χ1v) is 4.91. The molecule has 0 aliphatic heterocycles. The zero-order valence-corrected chi connectivity index (χ0v) is 8.26. The van der Waals surface area contributed by atoms with E-state index in [9.17, 15) is 0 Å². The van der Waals surface area contributed by atoms with Crippen molar-refractivity contribution < 1.29 is 4.52 Å². The van der Waals surface area contributed by atoms with Crippen molar-refractivity contribution in [1.29, 1.82) is 0 Å². The van der Waals surface area contributed by atoms with Crippen LogP contribution in [0.2, 0.25) is 0 Å². The summed E-state index contributed by atoms with van der Waals surface area (Å²) in [5.74, 6) is 1.09. The van der Waals surface area contributed by atoms with Gasteiger partial charge in [-0.1, -0.05) is 19.0 Å². The molecule has 1 aromatic rings. The molecule has 0 spiro atoms. The molecule has 1 aromatic heterocycles. The molecule has 72 valence electrons. The Kier molecular flexibility index (Phi) is 2.12. The van der Waals surface area contributed by atoms with Gasteiger partial charge in [-0.05, 0) is 19.4 Å². The highest BCUT2D eigenvalue weighted by Gasteiger charge is 2.44. The second kappa shape index (κ2) is 3.14. The van der Waals surface area contributed by atoms with Crippen LogP contribution in [0.5, 0.6) is 0 Å². The predicted octanol–water partition coefficient (Wildman–Crippen LogP) is 1.84. The molecule has 1 fully saturated rings. The Morgan fingerprint density at radius 2 is 2.38 bits per heavy atom. The lowest BCUT2D eigenvalue weighted by Gasteiger charge is -2.06. The van der Waals surface area contributed by atoms with Crippen LogP contribution in [0.3, 0.4) is 0 Å². The van der Waals surface area contributed by atoms with Gasteiger partial charge >= 0.3 is 0 Å². The lowest BCUT2D eigenvalue weighted by molar-refractivity contribution is 0.357. The highest BCUT2D eigenvalue weighted by Crippen LogP contribution is 2.48. The monoisotopic (exact) mass is 180 g/mol. The van der Waals surface area contributed by atoms with Crippen LogP contribution in [-0.2, 0) is 12.0 Å². The minimum atomic E-state index is 0.293. The van der Waals surface area contributed by atoms with Gasteiger partial charge in [-0.15, -0.1) is 0 Å². The van der Waals surface area contributed by atoms with E-state index in [1.54, 1.807) is 0 Å². The van der Waals surface area contributed by atoms with Gasteiger partial charge < -0.3 is 9.84 Å². The minimum absolute atomic E-state index is 0.293. The molecule has 0 saturated heterocycles. The Morgan fingerprint density at radius 3 is 3.00 bits per heavy atom. The topological polar surface area (TPSA) is 38.1 Å². The molecule has 0 atom stereocenters. The maximum absolute atomic E-state index is 5.30. The largest absolute Gasteiger partial charge is 0.360 e. The zero-order valence-electron chi connectivity index (χ0n) is 8.26. The van der Waals surface area contributed by atoms with Crippen LogP contribution < -0.4 is 5.32 Å². The van der Waals surface area contributed by atoms with Gasteiger partial charge in [0.1, 0.15) is 5.76 Å². The third-order valence-electron chi connectivity index (χ3n) is 2.76. The maximum Gasteiger partial charge on any atom is 0.147 e. The Morgan fingerprint density at radius 1 is 1.62 bits per heavy atom. The molecular formula is C10H16N2O. The molecule has 13 heavy (non-hydrogen) atoms. The first kappa shape index (κ1) is 8.75. The van der Waals surface area contributed by atoms with Crippen molar-refractivity contribution in [1.82, 2.24) is 10.5 Å². The lowest BCUT2D eigenvalue weighted by Crippen LogP contribution is -2.14. The normalized spacial score (nSPS) is 18.9. The van der Waals surface area contributed by atoms with E-state index in [0.717, 1.165) is 18.8 Å². The molecule has 1 N–H and O–H groups in total. The molecule has 0 bridgehead atoms. The van der Waals surface area contributed by atoms with E-state index < -0.39 is 0 Å². The Hall–Kier alpha value is -0.830. The molecule has 0 amide bonds. The van der Waals surface area contributed by atoms with E-state index in [1.165, 1.54) is 18.4 Å². The van der Waals surface area contributed by atoms with Crippen molar-refractivity contribution >= 4 is 0 Å². The van der Waals surface area contributed by atoms with E-state index in [0.29, 0.717) is 5.41 Å². The summed E-state index contributed by atoms with van der Waals surface area (Å²) < 4.78 is 5.30. The molecule has 3 heteroatoms. The van der Waals surface area contributed by atoms with Gasteiger partial charge in [-0.25, -0.2) is 0 Å². The highest BCUT2D eigenvalue weighted by molar-refractivity contribution is 5.27. The Bertz CT molecular complexity index is 289. The van der Waals surface area contributed by atoms with E-state index in [2.05, 4.69) is 24.3 Å². The van der Waals surface area contributed by atoms with Crippen LogP contribution in [0.1, 0.15) is 38.0 Å². The molecule has 1 aliphatic rings. The summed E-state index contributed by atoms with van der Waals surface area (Å²) in [4.78, 5) is 0. The highest BCUT2D eigenvalue weighted by atomic mass is 16.5. The minimum Gasteiger partial charge on any atom is -0.360 e. The molecule has 0 unspecified atom stereocenters. The fraction of sp³-hybridized carbons (Fsp3) is 0.700. The van der Waals surface area contributed by atoms with Crippen molar-refractivity contribution in [2.24, 2.45) is 0 Å². The van der Waals surface area contributed by atoms with Crippen LogP contribution in [0.15, 0.2) is 10.7 Å². The zero-order chi connectivity index (χ0) is 9.31. The van der Waals surface area contributed by atoms with Gasteiger partial charge in [0.15, 0.2) is 0 Å². The third kappa shape index (κ3) is 1.61. The molecule has 0 radical (unpaired) electrons. The van der Waals surface area contributed by atoms with Crippen LogP contribution in [-0.4, -0.2) is 11.7 Å². The number of rotatable bonds is 4. The fourth-order valence-electron chi connectivity index (χ4n) is 1.56. The Balaban J connectivity index is 2.12. The number of nitrogens with zero attached hydrogens (tertiary/aromatic N) is 1. The van der Waals surface area contributed by atoms with Gasteiger partial charge in [0.2, 0.25) is 0 Å². The second-order valence-electron chi connectivity index (χ2n) is 4.02. The fourth-order valence-corrected chi connectivity index (χ4v) is 1.56. The van der Waals surface area contributed by atoms with Crippen molar-refractivity contribution in [3.63, 3.8) is 0 Å². The lowest BCUT2D eigenvalue weighted by atomic mass is 10.0. The van der Waals surface area contributed by atoms with Gasteiger partial charge in [-0.3, -0.25) is 0 Å². The van der Waals surface area contributed by atoms with Crippen LogP contribution >= 0.6 is 0 Å². The summed E-state index contributed by atoms with van der Waals surface area (Å²) >= 11 is 0. The molecular weight excluding hydrogens is 164 g/mol. The smallest absolute Gasteiger partial charge is 0.147 e. The molecule has 2 rings (SSSR count). The quantitative estimate of drug-likeness (QED) is 0.768. The summed E-state index contributed by atoms with van der Waals surface area (Å²) in [5.41, 5.74) is 1.52. The van der Waals surface area contributed by atoms with E-state index in [1.807, 2.05) is 6.20 Å². The molecule has 1 saturated carbocycles. The molecule has 3 nitrogen and oxygen atoms in total. The van der Waals surface area contributed by atoms with Gasteiger partial charge in [-0.2, -0.15) is 0 Å². The first-order chi connectivity index (χ1) is 6.26. The Labute approximate surface area is 78.5 Å². The summed E-state index contributed by atoms with van der Waals surface area (Å²) in [6, 6.07) is 0. The SMILES string of the molecule is CCNCc1cnoc1C1(C)CC1. The standard InChI is InChI=1S/C10H16N2O/c1-3-11-6-8-7-12-13-9(8)10(2)4-5-10/h7,11H,3-6H2,1-2H3. The molecule has 1 heterocycles. The van der Waals surface area contributed by atoms with Gasteiger partial charge in [0, 0.05) is 17.5 Å². The molecule has 1 aliphatic carbocycles. The number of aromatic nitrogens is 1. The maximum atomic E-state index is 5.30. The van der Waals surface area contributed by atoms with Crippen molar-refractivity contribution in [3.05, 3.63) is 17.5 Å². The van der Waals surface area contributed by atoms with E-state index in [4.69, 9.17) is 4.52 Å². The van der Waals surface area contributed by atoms with Gasteiger partial charge in [0.25, 0.3) is 0 Å². The summed E-state index contributed by atoms with van der Waals surface area (Å²) in [5, 5.41) is 7.16. The third-order valence-corrected chi connectivity index (χ3v) is 2.76. The summed E-state index contributed by atoms with van der Waals surface area (Å²) in [6.07, 6.45) is 4.31. The van der Waals surface area contributed by atoms with Crippen molar-refractivity contribution in [3.8, 4) is 0 Å². The van der Waals surface area contributed by atoms with Crippen molar-refractivity contribution in [2.75, 3.05) is 6.54 Å². The van der Waals surface area contributed by atoms with Crippen LogP contribution in [0, 0.1) is 0 Å². The van der Waals surface area contributed by atoms with E-state index in [-0.39, 0.29) is 0 Å². The van der Waals surface area contributed by atoms with E-state index >= 15 is 0 Å². The number of hydrogen-bond donors (Lipinski definition) is 1. The number of hydrogen-bond acceptors (Lipinski definition) is 3. The van der Waals surface area contributed by atoms with Gasteiger partial charge in [0.05, 0.1) is 6.20 Å².